The lowest BCUT2D eigenvalue weighted by molar-refractivity contribution is 0.679. The van der Waals surface area contributed by atoms with E-state index in [2.05, 4.69) is 311 Å². The lowest BCUT2D eigenvalue weighted by Gasteiger charge is -2.48. The van der Waals surface area contributed by atoms with Gasteiger partial charge in [0.05, 0.1) is 49.6 Å². The van der Waals surface area contributed by atoms with Gasteiger partial charge in [-0.15, -0.1) is 0 Å². The number of imidazole rings is 2. The molecule has 0 bridgehead atoms. The number of hydrogen-bond acceptors (Lipinski definition) is 2. The third kappa shape index (κ3) is 7.14. The Hall–Kier alpha value is -10.9. The summed E-state index contributed by atoms with van der Waals surface area (Å²) in [5.41, 5.74) is 25.7. The fourth-order valence-electron chi connectivity index (χ4n) is 15.6. The second-order valence-electron chi connectivity index (χ2n) is 23.7. The molecule has 0 radical (unpaired) electrons. The van der Waals surface area contributed by atoms with Crippen LogP contribution in [0.5, 0.6) is 0 Å². The van der Waals surface area contributed by atoms with Crippen molar-refractivity contribution in [1.82, 2.24) is 23.7 Å². The third-order valence-corrected chi connectivity index (χ3v) is 19.2. The van der Waals surface area contributed by atoms with E-state index in [9.17, 15) is 0 Å². The van der Waals surface area contributed by atoms with Crippen LogP contribution in [0.15, 0.2) is 303 Å². The summed E-state index contributed by atoms with van der Waals surface area (Å²) >= 11 is 0. The number of fused-ring (bicyclic) bond motifs is 3. The van der Waals surface area contributed by atoms with E-state index in [-0.39, 0.29) is 0 Å². The first kappa shape index (κ1) is 49.5. The molecule has 1 atom stereocenters. The Balaban J connectivity index is 0.940. The molecule has 0 amide bonds. The lowest BCUT2D eigenvalue weighted by atomic mass is 9.58. The maximum atomic E-state index is 5.32. The van der Waals surface area contributed by atoms with Gasteiger partial charge in [0.1, 0.15) is 11.6 Å². The standard InChI is InChI=1S/C82H57N5/c1-7-24-60(25-8-1)81(61-26-9-2-10-27-61)68-36-23-37-69-78(68)87-76-66(50-58(52-70(76)81)54-42-46-56(47-43-54)79-83-72-38-19-21-40-74(72)85(79)64-32-15-5-16-33-64)67-51-59(53-71(77(67)87)82(69,62-28-11-3-12-29-62)63-30-13-4-14-31-63)55-44-48-57(49-45-55)80-84-73-39-20-22-41-75(73)86(80)65-34-17-6-18-35-65/h1-3,5-13,15,17-32,34-53H,4,14,16,33H2. The van der Waals surface area contributed by atoms with Crippen molar-refractivity contribution in [3.8, 4) is 56.4 Å². The van der Waals surface area contributed by atoms with E-state index < -0.39 is 10.8 Å². The van der Waals surface area contributed by atoms with Gasteiger partial charge in [0.15, 0.2) is 0 Å². The molecule has 0 fully saturated rings. The molecule has 0 N–H and O–H groups in total. The molecule has 18 rings (SSSR count). The molecule has 5 nitrogen and oxygen atoms in total. The average Bonchev–Trinajstić information content (AvgIpc) is 1.61. The lowest BCUT2D eigenvalue weighted by Crippen LogP contribution is -2.41. The van der Waals surface area contributed by atoms with Gasteiger partial charge in [-0.25, -0.2) is 9.97 Å². The predicted octanol–water partition coefficient (Wildman–Crippen LogP) is 20.0. The van der Waals surface area contributed by atoms with Crippen molar-refractivity contribution in [2.45, 2.75) is 36.5 Å². The molecule has 1 unspecified atom stereocenters. The summed E-state index contributed by atoms with van der Waals surface area (Å²) in [4.78, 5) is 10.6. The fraction of sp³-hybridized carbons (Fsp3) is 0.0732. The number of allylic oxidation sites excluding steroid dienone is 8. The molecule has 0 spiro atoms. The molecule has 11 aromatic carbocycles. The SMILES string of the molecule is C1=CCCC(n2c(-c3ccc(-c4cc5c6c(c4)c4cc(-c7ccc(-c8nc9ccccc9n8-c8ccccc8)cc7)cc7c4n6-c4c(cccc4C5(c4ccccc4)c4ccccc4)C7(C4=CCCC=C4)c4ccccc4)cc3)nc3ccccc32)=C1. The van der Waals surface area contributed by atoms with Crippen LogP contribution in [0.3, 0.4) is 0 Å². The minimum absolute atomic E-state index is 0.696. The first-order chi connectivity index (χ1) is 43.2. The van der Waals surface area contributed by atoms with Crippen molar-refractivity contribution in [2.75, 3.05) is 0 Å². The summed E-state index contributed by atoms with van der Waals surface area (Å²) in [5, 5.41) is 2.46. The normalized spacial score (nSPS) is 16.3. The summed E-state index contributed by atoms with van der Waals surface area (Å²) < 4.78 is 7.37. The van der Waals surface area contributed by atoms with Gasteiger partial charge >= 0.3 is 0 Å². The monoisotopic (exact) mass is 1110 g/mol. The minimum atomic E-state index is -0.731. The molecule has 5 heterocycles. The number of aromatic nitrogens is 5. The maximum Gasteiger partial charge on any atom is 0.145 e. The van der Waals surface area contributed by atoms with Gasteiger partial charge in [-0.2, -0.15) is 0 Å². The molecule has 2 aliphatic heterocycles. The Morgan fingerprint density at radius 2 is 0.839 bits per heavy atom. The van der Waals surface area contributed by atoms with Gasteiger partial charge in [0, 0.05) is 33.3 Å². The van der Waals surface area contributed by atoms with Gasteiger partial charge in [-0.05, 0) is 159 Å². The van der Waals surface area contributed by atoms with Crippen LogP contribution in [0.4, 0.5) is 0 Å². The van der Waals surface area contributed by atoms with E-state index in [1.54, 1.807) is 0 Å². The molecule has 410 valence electrons. The van der Waals surface area contributed by atoms with E-state index in [0.29, 0.717) is 0 Å². The summed E-state index contributed by atoms with van der Waals surface area (Å²) in [6, 6.07) is 97.5. The Kier molecular flexibility index (Phi) is 11.0. The molecule has 0 saturated heterocycles. The molecule has 14 aromatic rings. The molecule has 2 aliphatic carbocycles. The number of hydrogen-bond donors (Lipinski definition) is 0. The number of nitrogens with zero attached hydrogens (tertiary/aromatic N) is 5. The van der Waals surface area contributed by atoms with Crippen molar-refractivity contribution < 1.29 is 0 Å². The van der Waals surface area contributed by atoms with Crippen LogP contribution in [0.1, 0.15) is 64.6 Å². The highest BCUT2D eigenvalue weighted by molar-refractivity contribution is 6.17. The molecular weight excluding hydrogens is 1050 g/mol. The van der Waals surface area contributed by atoms with Crippen LogP contribution < -0.4 is 0 Å². The van der Waals surface area contributed by atoms with Crippen LogP contribution in [-0.2, 0) is 10.8 Å². The van der Waals surface area contributed by atoms with Gasteiger partial charge in [0.2, 0.25) is 0 Å². The summed E-state index contributed by atoms with van der Waals surface area (Å²) in [5.74, 6) is 1.88. The van der Waals surface area contributed by atoms with Crippen molar-refractivity contribution in [2.24, 2.45) is 0 Å². The third-order valence-electron chi connectivity index (χ3n) is 19.2. The maximum absolute atomic E-state index is 5.32. The fourth-order valence-corrected chi connectivity index (χ4v) is 15.6. The molecule has 3 aromatic heterocycles. The predicted molar refractivity (Wildman–Crippen MR) is 358 cm³/mol. The first-order valence-electron chi connectivity index (χ1n) is 30.6. The zero-order valence-electron chi connectivity index (χ0n) is 47.9. The first-order valence-corrected chi connectivity index (χ1v) is 30.6. The molecule has 4 aliphatic rings. The average molecular weight is 1110 g/mol. The number of rotatable bonds is 10. The topological polar surface area (TPSA) is 40.6 Å². The highest BCUT2D eigenvalue weighted by Crippen LogP contribution is 2.63. The molecule has 87 heavy (non-hydrogen) atoms. The van der Waals surface area contributed by atoms with Crippen molar-refractivity contribution >= 4 is 49.6 Å². The smallest absolute Gasteiger partial charge is 0.145 e. The van der Waals surface area contributed by atoms with Gasteiger partial charge in [-0.3, -0.25) is 9.13 Å². The van der Waals surface area contributed by atoms with Crippen molar-refractivity contribution in [3.05, 3.63) is 342 Å². The molecule has 5 heteroatoms. The largest absolute Gasteiger partial charge is 0.308 e. The number of para-hydroxylation sites is 6. The van der Waals surface area contributed by atoms with Crippen molar-refractivity contribution in [1.29, 1.82) is 0 Å². The minimum Gasteiger partial charge on any atom is -0.308 e. The highest BCUT2D eigenvalue weighted by Gasteiger charge is 2.53. The zero-order chi connectivity index (χ0) is 57.2. The van der Waals surface area contributed by atoms with E-state index >= 15 is 0 Å². The highest BCUT2D eigenvalue weighted by atomic mass is 15.1. The van der Waals surface area contributed by atoms with E-state index in [1.165, 1.54) is 83.3 Å². The van der Waals surface area contributed by atoms with Crippen LogP contribution in [-0.4, -0.2) is 23.7 Å². The van der Waals surface area contributed by atoms with Crippen LogP contribution in [0, 0.1) is 0 Å². The second-order valence-corrected chi connectivity index (χ2v) is 23.7. The molecule has 0 saturated carbocycles. The van der Waals surface area contributed by atoms with Crippen LogP contribution >= 0.6 is 0 Å². The van der Waals surface area contributed by atoms with E-state index in [4.69, 9.17) is 9.97 Å². The Morgan fingerprint density at radius 1 is 0.356 bits per heavy atom. The van der Waals surface area contributed by atoms with Gasteiger partial charge < -0.3 is 4.57 Å². The van der Waals surface area contributed by atoms with Gasteiger partial charge in [0.25, 0.3) is 0 Å². The summed E-state index contributed by atoms with van der Waals surface area (Å²) in [7, 11) is 0. The molecular formula is C82H57N5. The Labute approximate surface area is 505 Å². The Morgan fingerprint density at radius 3 is 1.38 bits per heavy atom. The summed E-state index contributed by atoms with van der Waals surface area (Å²) in [6.07, 6.45) is 18.0. The van der Waals surface area contributed by atoms with Crippen LogP contribution in [0.25, 0.3) is 106 Å². The Bertz CT molecular complexity index is 5190. The van der Waals surface area contributed by atoms with Gasteiger partial charge in [-0.1, -0.05) is 231 Å². The van der Waals surface area contributed by atoms with E-state index in [0.717, 1.165) is 92.9 Å². The van der Waals surface area contributed by atoms with Crippen LogP contribution in [0.2, 0.25) is 0 Å². The summed E-state index contributed by atoms with van der Waals surface area (Å²) in [6.45, 7) is 0. The van der Waals surface area contributed by atoms with E-state index in [1.807, 2.05) is 0 Å². The quantitative estimate of drug-likeness (QED) is 0.137. The van der Waals surface area contributed by atoms with Crippen molar-refractivity contribution in [3.63, 3.8) is 0 Å². The number of benzene rings is 11. The second kappa shape index (κ2) is 19.3. The zero-order valence-corrected chi connectivity index (χ0v) is 47.9.